The molecule has 1 aromatic rings. The lowest BCUT2D eigenvalue weighted by Gasteiger charge is -2.42. The van der Waals surface area contributed by atoms with Crippen molar-refractivity contribution in [1.82, 2.24) is 20.0 Å². The molecule has 3 rings (SSSR count). The van der Waals surface area contributed by atoms with Gasteiger partial charge in [-0.1, -0.05) is 0 Å². The topological polar surface area (TPSA) is 58.6 Å². The van der Waals surface area contributed by atoms with E-state index in [2.05, 4.69) is 15.1 Å². The van der Waals surface area contributed by atoms with Crippen molar-refractivity contribution in [3.05, 3.63) is 24.0 Å². The number of ether oxygens (including phenoxy) is 1. The smallest absolute Gasteiger partial charge is 0.410 e. The van der Waals surface area contributed by atoms with Crippen LogP contribution in [0.2, 0.25) is 0 Å². The van der Waals surface area contributed by atoms with Crippen LogP contribution in [0.15, 0.2) is 18.3 Å². The van der Waals surface area contributed by atoms with Crippen molar-refractivity contribution in [1.29, 1.82) is 0 Å². The highest BCUT2D eigenvalue weighted by Gasteiger charge is 2.52. The van der Waals surface area contributed by atoms with Gasteiger partial charge in [0, 0.05) is 37.9 Å². The summed E-state index contributed by atoms with van der Waals surface area (Å²) in [6, 6.07) is 3.92. The van der Waals surface area contributed by atoms with Gasteiger partial charge in [0.2, 0.25) is 0 Å². The zero-order chi connectivity index (χ0) is 15.8. The molecule has 6 nitrogen and oxygen atoms in total. The average Bonchev–Trinajstić information content (AvgIpc) is 3.21. The molecule has 1 saturated carbocycles. The second-order valence-corrected chi connectivity index (χ2v) is 7.26. The van der Waals surface area contributed by atoms with Crippen LogP contribution in [-0.4, -0.2) is 56.9 Å². The van der Waals surface area contributed by atoms with Crippen molar-refractivity contribution in [3.63, 3.8) is 0 Å². The van der Waals surface area contributed by atoms with E-state index in [4.69, 9.17) is 4.74 Å². The summed E-state index contributed by atoms with van der Waals surface area (Å²) in [4.78, 5) is 16.6. The highest BCUT2D eigenvalue weighted by Crippen LogP contribution is 2.45. The van der Waals surface area contributed by atoms with E-state index < -0.39 is 5.60 Å². The Balaban J connectivity index is 1.62. The SMILES string of the molecule is CC(C)(C)OC(=O)N1CCN(Cc2cccnn2)C2(CC2)C1. The maximum absolute atomic E-state index is 12.3. The second kappa shape index (κ2) is 5.50. The van der Waals surface area contributed by atoms with Crippen LogP contribution in [0.5, 0.6) is 0 Å². The molecule has 1 amide bonds. The van der Waals surface area contributed by atoms with Crippen LogP contribution in [0, 0.1) is 0 Å². The van der Waals surface area contributed by atoms with Gasteiger partial charge < -0.3 is 9.64 Å². The van der Waals surface area contributed by atoms with E-state index in [0.717, 1.165) is 38.2 Å². The molecule has 0 N–H and O–H groups in total. The summed E-state index contributed by atoms with van der Waals surface area (Å²) in [5.41, 5.74) is 0.663. The van der Waals surface area contributed by atoms with Crippen LogP contribution >= 0.6 is 0 Å². The van der Waals surface area contributed by atoms with Crippen LogP contribution < -0.4 is 0 Å². The first kappa shape index (κ1) is 15.2. The molecule has 0 atom stereocenters. The summed E-state index contributed by atoms with van der Waals surface area (Å²) in [7, 11) is 0. The van der Waals surface area contributed by atoms with E-state index in [0.29, 0.717) is 6.54 Å². The van der Waals surface area contributed by atoms with Crippen molar-refractivity contribution >= 4 is 6.09 Å². The van der Waals surface area contributed by atoms with Crippen molar-refractivity contribution in [2.45, 2.75) is 51.3 Å². The minimum atomic E-state index is -0.440. The Hall–Kier alpha value is -1.69. The minimum absolute atomic E-state index is 0.118. The van der Waals surface area contributed by atoms with Gasteiger partial charge in [0.05, 0.1) is 5.69 Å². The van der Waals surface area contributed by atoms with E-state index >= 15 is 0 Å². The summed E-state index contributed by atoms with van der Waals surface area (Å²) in [6.07, 6.45) is 3.76. The summed E-state index contributed by atoms with van der Waals surface area (Å²) in [5.74, 6) is 0. The largest absolute Gasteiger partial charge is 0.444 e. The molecule has 1 aliphatic heterocycles. The van der Waals surface area contributed by atoms with Crippen molar-refractivity contribution in [2.75, 3.05) is 19.6 Å². The molecule has 6 heteroatoms. The number of rotatable bonds is 2. The second-order valence-electron chi connectivity index (χ2n) is 7.26. The summed E-state index contributed by atoms with van der Waals surface area (Å²) >= 11 is 0. The first-order valence-corrected chi connectivity index (χ1v) is 7.88. The Bertz CT molecular complexity index is 537. The molecule has 1 spiro atoms. The monoisotopic (exact) mass is 304 g/mol. The molecule has 0 bridgehead atoms. The number of amides is 1. The molecule has 2 heterocycles. The highest BCUT2D eigenvalue weighted by atomic mass is 16.6. The molecule has 0 aromatic carbocycles. The van der Waals surface area contributed by atoms with E-state index in [9.17, 15) is 4.79 Å². The maximum Gasteiger partial charge on any atom is 0.410 e. The fourth-order valence-corrected chi connectivity index (χ4v) is 2.97. The lowest BCUT2D eigenvalue weighted by atomic mass is 10.1. The van der Waals surface area contributed by atoms with Gasteiger partial charge in [-0.3, -0.25) is 4.90 Å². The van der Waals surface area contributed by atoms with Crippen LogP contribution in [0.3, 0.4) is 0 Å². The molecule has 0 radical (unpaired) electrons. The number of piperazine rings is 1. The molecule has 2 aliphatic rings. The van der Waals surface area contributed by atoms with Gasteiger partial charge in [-0.25, -0.2) is 4.79 Å². The standard InChI is InChI=1S/C16H24N4O2/c1-15(2,3)22-14(21)19-9-10-20(16(12-19)6-7-16)11-13-5-4-8-17-18-13/h4-5,8H,6-7,9-12H2,1-3H3. The van der Waals surface area contributed by atoms with Gasteiger partial charge in [-0.2, -0.15) is 10.2 Å². The van der Waals surface area contributed by atoms with Crippen molar-refractivity contribution in [2.24, 2.45) is 0 Å². The molecule has 0 unspecified atom stereocenters. The Labute approximate surface area is 131 Å². The van der Waals surface area contributed by atoms with Crippen molar-refractivity contribution < 1.29 is 9.53 Å². The Morgan fingerprint density at radius 1 is 1.36 bits per heavy atom. The first-order chi connectivity index (χ1) is 10.4. The van der Waals surface area contributed by atoms with Gasteiger partial charge in [-0.15, -0.1) is 0 Å². The predicted molar refractivity (Wildman–Crippen MR) is 82.2 cm³/mol. The van der Waals surface area contributed by atoms with Crippen LogP contribution in [0.1, 0.15) is 39.3 Å². The third-order valence-corrected chi connectivity index (χ3v) is 4.26. The third kappa shape index (κ3) is 3.38. The van der Waals surface area contributed by atoms with Gasteiger partial charge in [0.25, 0.3) is 0 Å². The fraction of sp³-hybridized carbons (Fsp3) is 0.688. The van der Waals surface area contributed by atoms with Gasteiger partial charge in [0.15, 0.2) is 0 Å². The average molecular weight is 304 g/mol. The Morgan fingerprint density at radius 3 is 2.73 bits per heavy atom. The highest BCUT2D eigenvalue weighted by molar-refractivity contribution is 5.68. The lowest BCUT2D eigenvalue weighted by molar-refractivity contribution is -0.00266. The Kier molecular flexibility index (Phi) is 3.80. The number of carbonyl (C=O) groups is 1. The predicted octanol–water partition coefficient (Wildman–Crippen LogP) is 2.06. The van der Waals surface area contributed by atoms with Gasteiger partial charge in [0.1, 0.15) is 5.60 Å². The van der Waals surface area contributed by atoms with Crippen LogP contribution in [0.25, 0.3) is 0 Å². The van der Waals surface area contributed by atoms with Crippen LogP contribution in [0.4, 0.5) is 4.79 Å². The first-order valence-electron chi connectivity index (χ1n) is 7.88. The molecule has 2 fully saturated rings. The minimum Gasteiger partial charge on any atom is -0.444 e. The fourth-order valence-electron chi connectivity index (χ4n) is 2.97. The molecule has 1 aromatic heterocycles. The molecule has 120 valence electrons. The molecular formula is C16H24N4O2. The molecule has 22 heavy (non-hydrogen) atoms. The normalized spacial score (nSPS) is 21.0. The molecular weight excluding hydrogens is 280 g/mol. The number of hydrogen-bond acceptors (Lipinski definition) is 5. The molecule has 1 saturated heterocycles. The van der Waals surface area contributed by atoms with Gasteiger partial charge >= 0.3 is 6.09 Å². The van der Waals surface area contributed by atoms with E-state index in [-0.39, 0.29) is 11.6 Å². The zero-order valence-electron chi connectivity index (χ0n) is 13.6. The third-order valence-electron chi connectivity index (χ3n) is 4.26. The van der Waals surface area contributed by atoms with E-state index in [1.807, 2.05) is 37.8 Å². The van der Waals surface area contributed by atoms with E-state index in [1.54, 1.807) is 6.20 Å². The Morgan fingerprint density at radius 2 is 2.14 bits per heavy atom. The number of carbonyl (C=O) groups excluding carboxylic acids is 1. The number of hydrogen-bond donors (Lipinski definition) is 0. The quantitative estimate of drug-likeness (QED) is 0.837. The summed E-state index contributed by atoms with van der Waals surface area (Å²) in [5, 5.41) is 8.11. The zero-order valence-corrected chi connectivity index (χ0v) is 13.6. The lowest BCUT2D eigenvalue weighted by Crippen LogP contribution is -2.56. The van der Waals surface area contributed by atoms with E-state index in [1.165, 1.54) is 0 Å². The summed E-state index contributed by atoms with van der Waals surface area (Å²) < 4.78 is 5.50. The maximum atomic E-state index is 12.3. The van der Waals surface area contributed by atoms with Crippen molar-refractivity contribution in [3.8, 4) is 0 Å². The number of nitrogens with zero attached hydrogens (tertiary/aromatic N) is 4. The van der Waals surface area contributed by atoms with Crippen LogP contribution in [-0.2, 0) is 11.3 Å². The molecule has 1 aliphatic carbocycles. The summed E-state index contributed by atoms with van der Waals surface area (Å²) in [6.45, 7) is 8.83. The van der Waals surface area contributed by atoms with Gasteiger partial charge in [-0.05, 0) is 45.7 Å². The number of aromatic nitrogens is 2.